The molecule has 0 aliphatic rings. The molecule has 2 aromatic rings. The van der Waals surface area contributed by atoms with Crippen LogP contribution >= 0.6 is 15.9 Å². The first-order valence-electron chi connectivity index (χ1n) is 6.54. The molecule has 0 saturated heterocycles. The van der Waals surface area contributed by atoms with E-state index in [2.05, 4.69) is 40.4 Å². The first kappa shape index (κ1) is 15.8. The van der Waals surface area contributed by atoms with Crippen molar-refractivity contribution in [2.75, 3.05) is 14.2 Å². The molecule has 0 fully saturated rings. The number of hydrogen-bond donors (Lipinski definition) is 2. The Morgan fingerprint density at radius 3 is 2.29 bits per heavy atom. The van der Waals surface area contributed by atoms with Crippen molar-refractivity contribution in [3.8, 4) is 11.5 Å². The van der Waals surface area contributed by atoms with Crippen molar-refractivity contribution in [2.45, 2.75) is 13.0 Å². The van der Waals surface area contributed by atoms with E-state index in [-0.39, 0.29) is 6.04 Å². The van der Waals surface area contributed by atoms with Crippen molar-refractivity contribution in [1.29, 1.82) is 0 Å². The quantitative estimate of drug-likeness (QED) is 0.641. The third-order valence-corrected chi connectivity index (χ3v) is 3.76. The van der Waals surface area contributed by atoms with Gasteiger partial charge in [-0.1, -0.05) is 28.1 Å². The highest BCUT2D eigenvalue weighted by Gasteiger charge is 2.16. The van der Waals surface area contributed by atoms with Gasteiger partial charge in [0.1, 0.15) is 0 Å². The average Bonchev–Trinajstić information content (AvgIpc) is 2.46. The predicted octanol–water partition coefficient (Wildman–Crippen LogP) is 3.33. The lowest BCUT2D eigenvalue weighted by Crippen LogP contribution is -2.29. The van der Waals surface area contributed by atoms with Crippen LogP contribution in [-0.2, 0) is 0 Å². The van der Waals surface area contributed by atoms with Crippen molar-refractivity contribution in [3.63, 3.8) is 0 Å². The van der Waals surface area contributed by atoms with Crippen LogP contribution in [0.3, 0.4) is 0 Å². The van der Waals surface area contributed by atoms with Gasteiger partial charge in [0.25, 0.3) is 0 Å². The SMILES string of the molecule is COc1ccc(C(NN)c2cc(C)cc(Br)c2)cc1OC. The fraction of sp³-hybridized carbons (Fsp3) is 0.250. The van der Waals surface area contributed by atoms with Crippen LogP contribution in [0.25, 0.3) is 0 Å². The number of hydrazine groups is 1. The van der Waals surface area contributed by atoms with Gasteiger partial charge >= 0.3 is 0 Å². The third-order valence-electron chi connectivity index (χ3n) is 3.31. The molecule has 0 amide bonds. The number of hydrogen-bond acceptors (Lipinski definition) is 4. The van der Waals surface area contributed by atoms with Gasteiger partial charge in [0.15, 0.2) is 11.5 Å². The highest BCUT2D eigenvalue weighted by Crippen LogP contribution is 2.32. The molecule has 1 unspecified atom stereocenters. The molecule has 1 atom stereocenters. The van der Waals surface area contributed by atoms with E-state index in [0.717, 1.165) is 15.6 Å². The molecule has 0 radical (unpaired) electrons. The van der Waals surface area contributed by atoms with Crippen molar-refractivity contribution >= 4 is 15.9 Å². The fourth-order valence-corrected chi connectivity index (χ4v) is 2.97. The van der Waals surface area contributed by atoms with Crippen molar-refractivity contribution < 1.29 is 9.47 Å². The van der Waals surface area contributed by atoms with Crippen molar-refractivity contribution in [1.82, 2.24) is 5.43 Å². The molecule has 21 heavy (non-hydrogen) atoms. The van der Waals surface area contributed by atoms with E-state index in [0.29, 0.717) is 11.5 Å². The summed E-state index contributed by atoms with van der Waals surface area (Å²) in [5.41, 5.74) is 6.11. The van der Waals surface area contributed by atoms with Crippen LogP contribution in [0.5, 0.6) is 11.5 Å². The summed E-state index contributed by atoms with van der Waals surface area (Å²) in [6.45, 7) is 2.05. The first-order valence-corrected chi connectivity index (χ1v) is 7.33. The second-order valence-electron chi connectivity index (χ2n) is 4.78. The monoisotopic (exact) mass is 350 g/mol. The summed E-state index contributed by atoms with van der Waals surface area (Å²) < 4.78 is 11.6. The first-order chi connectivity index (χ1) is 10.1. The molecule has 3 N–H and O–H groups in total. The Morgan fingerprint density at radius 2 is 1.71 bits per heavy atom. The van der Waals surface area contributed by atoms with Gasteiger partial charge < -0.3 is 9.47 Å². The highest BCUT2D eigenvalue weighted by atomic mass is 79.9. The zero-order chi connectivity index (χ0) is 15.4. The maximum Gasteiger partial charge on any atom is 0.161 e. The minimum Gasteiger partial charge on any atom is -0.493 e. The summed E-state index contributed by atoms with van der Waals surface area (Å²) in [4.78, 5) is 0. The third kappa shape index (κ3) is 3.56. The lowest BCUT2D eigenvalue weighted by Gasteiger charge is -2.19. The highest BCUT2D eigenvalue weighted by molar-refractivity contribution is 9.10. The largest absolute Gasteiger partial charge is 0.493 e. The van der Waals surface area contributed by atoms with E-state index in [1.165, 1.54) is 5.56 Å². The Hall–Kier alpha value is -1.56. The Balaban J connectivity index is 2.45. The molecule has 0 aliphatic heterocycles. The minimum atomic E-state index is -0.124. The Kier molecular flexibility index (Phi) is 5.22. The van der Waals surface area contributed by atoms with Crippen LogP contribution in [0.2, 0.25) is 0 Å². The van der Waals surface area contributed by atoms with Crippen LogP contribution in [-0.4, -0.2) is 14.2 Å². The molecule has 0 spiro atoms. The number of rotatable bonds is 5. The van der Waals surface area contributed by atoms with Gasteiger partial charge in [0.05, 0.1) is 20.3 Å². The van der Waals surface area contributed by atoms with Gasteiger partial charge in [-0.2, -0.15) is 0 Å². The molecule has 0 heterocycles. The summed E-state index contributed by atoms with van der Waals surface area (Å²) in [6, 6.07) is 11.9. The van der Waals surface area contributed by atoms with Crippen LogP contribution in [0.15, 0.2) is 40.9 Å². The van der Waals surface area contributed by atoms with Crippen LogP contribution in [0.1, 0.15) is 22.7 Å². The van der Waals surface area contributed by atoms with Gasteiger partial charge in [-0.05, 0) is 47.9 Å². The molecule has 4 nitrogen and oxygen atoms in total. The van der Waals surface area contributed by atoms with E-state index in [4.69, 9.17) is 15.3 Å². The second kappa shape index (κ2) is 6.93. The molecule has 0 aromatic heterocycles. The molecule has 0 saturated carbocycles. The predicted molar refractivity (Wildman–Crippen MR) is 87.6 cm³/mol. The van der Waals surface area contributed by atoms with Crippen LogP contribution in [0.4, 0.5) is 0 Å². The van der Waals surface area contributed by atoms with E-state index in [1.807, 2.05) is 24.3 Å². The van der Waals surface area contributed by atoms with Crippen LogP contribution in [0, 0.1) is 6.92 Å². The van der Waals surface area contributed by atoms with Gasteiger partial charge in [-0.15, -0.1) is 0 Å². The number of nitrogens with one attached hydrogen (secondary N) is 1. The molecular weight excluding hydrogens is 332 g/mol. The zero-order valence-electron chi connectivity index (χ0n) is 12.3. The number of methoxy groups -OCH3 is 2. The van der Waals surface area contributed by atoms with Crippen molar-refractivity contribution in [2.24, 2.45) is 5.84 Å². The van der Waals surface area contributed by atoms with Gasteiger partial charge in [-0.3, -0.25) is 5.84 Å². The smallest absolute Gasteiger partial charge is 0.161 e. The number of halogens is 1. The van der Waals surface area contributed by atoms with Crippen LogP contribution < -0.4 is 20.7 Å². The number of benzene rings is 2. The maximum atomic E-state index is 5.76. The minimum absolute atomic E-state index is 0.124. The lowest BCUT2D eigenvalue weighted by atomic mass is 9.97. The second-order valence-corrected chi connectivity index (χ2v) is 5.69. The molecule has 0 aliphatic carbocycles. The van der Waals surface area contributed by atoms with Gasteiger partial charge in [0, 0.05) is 4.47 Å². The normalized spacial score (nSPS) is 12.0. The van der Waals surface area contributed by atoms with Crippen molar-refractivity contribution in [3.05, 3.63) is 57.6 Å². The topological polar surface area (TPSA) is 56.5 Å². The summed E-state index contributed by atoms with van der Waals surface area (Å²) >= 11 is 3.52. The molecule has 112 valence electrons. The van der Waals surface area contributed by atoms with Gasteiger partial charge in [0.2, 0.25) is 0 Å². The number of aryl methyl sites for hydroxylation is 1. The fourth-order valence-electron chi connectivity index (χ4n) is 2.35. The summed E-state index contributed by atoms with van der Waals surface area (Å²) in [7, 11) is 3.24. The Morgan fingerprint density at radius 1 is 1.00 bits per heavy atom. The summed E-state index contributed by atoms with van der Waals surface area (Å²) in [6.07, 6.45) is 0. The lowest BCUT2D eigenvalue weighted by molar-refractivity contribution is 0.354. The number of nitrogens with two attached hydrogens (primary N) is 1. The zero-order valence-corrected chi connectivity index (χ0v) is 13.9. The summed E-state index contributed by atoms with van der Waals surface area (Å²) in [5, 5.41) is 0. The van der Waals surface area contributed by atoms with E-state index >= 15 is 0 Å². The Bertz CT molecular complexity index is 611. The molecule has 2 rings (SSSR count). The molecule has 2 aromatic carbocycles. The standard InChI is InChI=1S/C16H19BrN2O2/c1-10-6-12(8-13(17)7-10)16(19-18)11-4-5-14(20-2)15(9-11)21-3/h4-9,16,19H,18H2,1-3H3. The molecule has 5 heteroatoms. The maximum absolute atomic E-state index is 5.76. The van der Waals surface area contributed by atoms with E-state index in [1.54, 1.807) is 14.2 Å². The Labute approximate surface area is 133 Å². The van der Waals surface area contributed by atoms with E-state index in [9.17, 15) is 0 Å². The average molecular weight is 351 g/mol. The van der Waals surface area contributed by atoms with Gasteiger partial charge in [-0.25, -0.2) is 5.43 Å². The number of ether oxygens (including phenoxy) is 2. The van der Waals surface area contributed by atoms with E-state index < -0.39 is 0 Å². The molecule has 0 bridgehead atoms. The summed E-state index contributed by atoms with van der Waals surface area (Å²) in [5.74, 6) is 7.14. The molecular formula is C16H19BrN2O2.